The predicted molar refractivity (Wildman–Crippen MR) is 124 cm³/mol. The molecule has 1 unspecified atom stereocenters. The Morgan fingerprint density at radius 2 is 2.14 bits per heavy atom. The number of hydrogen-bond donors (Lipinski definition) is 2. The lowest BCUT2D eigenvalue weighted by Gasteiger charge is -2.16. The average Bonchev–Trinajstić information content (AvgIpc) is 3.04. The largest absolute Gasteiger partial charge is 0.462 e. The predicted octanol–water partition coefficient (Wildman–Crippen LogP) is 3.42. The average molecular weight is 517 g/mol. The fraction of sp³-hybridized carbons (Fsp3) is 0.474. The van der Waals surface area contributed by atoms with E-state index in [0.717, 1.165) is 18.0 Å². The van der Waals surface area contributed by atoms with E-state index in [1.807, 2.05) is 32.3 Å². The first-order valence-electron chi connectivity index (χ1n) is 8.97. The Kier molecular flexibility index (Phi) is 10.4. The van der Waals surface area contributed by atoms with Crippen LogP contribution in [0.2, 0.25) is 0 Å². The van der Waals surface area contributed by atoms with Gasteiger partial charge >= 0.3 is 5.97 Å². The molecule has 2 N–H and O–H groups in total. The molecular formula is C19H28IN5O2S. The smallest absolute Gasteiger partial charge is 0.350 e. The first kappa shape index (κ1) is 24.3. The monoisotopic (exact) mass is 517 g/mol. The van der Waals surface area contributed by atoms with Gasteiger partial charge in [0.25, 0.3) is 0 Å². The van der Waals surface area contributed by atoms with Gasteiger partial charge in [0.2, 0.25) is 0 Å². The molecule has 0 aromatic carbocycles. The molecule has 28 heavy (non-hydrogen) atoms. The van der Waals surface area contributed by atoms with Crippen molar-refractivity contribution in [3.63, 3.8) is 0 Å². The lowest BCUT2D eigenvalue weighted by molar-refractivity contribution is 0.0531. The quantitative estimate of drug-likeness (QED) is 0.253. The zero-order valence-corrected chi connectivity index (χ0v) is 20.1. The molecule has 0 fully saturated rings. The van der Waals surface area contributed by atoms with E-state index in [2.05, 4.69) is 32.5 Å². The number of esters is 1. The molecule has 0 aliphatic heterocycles. The molecule has 0 aliphatic rings. The zero-order chi connectivity index (χ0) is 19.8. The summed E-state index contributed by atoms with van der Waals surface area (Å²) in [6.07, 6.45) is 4.56. The number of hydrogen-bond acceptors (Lipinski definition) is 6. The molecule has 9 heteroatoms. The van der Waals surface area contributed by atoms with Crippen LogP contribution < -0.4 is 10.6 Å². The van der Waals surface area contributed by atoms with Crippen molar-refractivity contribution in [2.45, 2.75) is 40.2 Å². The molecule has 0 saturated carbocycles. The lowest BCUT2D eigenvalue weighted by atomic mass is 10.1. The molecule has 2 rings (SSSR count). The van der Waals surface area contributed by atoms with E-state index in [1.165, 1.54) is 22.5 Å². The fourth-order valence-electron chi connectivity index (χ4n) is 2.55. The fourth-order valence-corrected chi connectivity index (χ4v) is 3.51. The SMILES string of the molecule is CCOC(=O)c1sc(C(C)NC(=NC)NCCc2ccncc2C)nc1C.I. The summed E-state index contributed by atoms with van der Waals surface area (Å²) in [5.74, 6) is 0.376. The second kappa shape index (κ2) is 11.9. The minimum Gasteiger partial charge on any atom is -0.462 e. The summed E-state index contributed by atoms with van der Waals surface area (Å²) >= 11 is 1.35. The van der Waals surface area contributed by atoms with E-state index in [-0.39, 0.29) is 36.0 Å². The highest BCUT2D eigenvalue weighted by atomic mass is 127. The maximum absolute atomic E-state index is 12.0. The molecule has 0 amide bonds. The normalized spacial score (nSPS) is 12.1. The maximum atomic E-state index is 12.0. The number of carbonyl (C=O) groups excluding carboxylic acids is 1. The van der Waals surface area contributed by atoms with Crippen LogP contribution in [0, 0.1) is 13.8 Å². The first-order chi connectivity index (χ1) is 13.0. The van der Waals surface area contributed by atoms with E-state index in [9.17, 15) is 4.79 Å². The molecule has 2 heterocycles. The van der Waals surface area contributed by atoms with Crippen molar-refractivity contribution in [3.05, 3.63) is 45.2 Å². The van der Waals surface area contributed by atoms with Gasteiger partial charge in [-0.25, -0.2) is 9.78 Å². The van der Waals surface area contributed by atoms with Crippen LogP contribution in [0.15, 0.2) is 23.5 Å². The van der Waals surface area contributed by atoms with Gasteiger partial charge in [0, 0.05) is 26.0 Å². The van der Waals surface area contributed by atoms with Crippen molar-refractivity contribution in [2.75, 3.05) is 20.2 Å². The van der Waals surface area contributed by atoms with Crippen molar-refractivity contribution in [3.8, 4) is 0 Å². The van der Waals surface area contributed by atoms with Crippen LogP contribution in [0.5, 0.6) is 0 Å². The van der Waals surface area contributed by atoms with Crippen molar-refractivity contribution in [2.24, 2.45) is 4.99 Å². The summed E-state index contributed by atoms with van der Waals surface area (Å²) < 4.78 is 5.08. The van der Waals surface area contributed by atoms with Gasteiger partial charge in [0.15, 0.2) is 5.96 Å². The van der Waals surface area contributed by atoms with E-state index in [0.29, 0.717) is 23.1 Å². The van der Waals surface area contributed by atoms with Gasteiger partial charge in [-0.15, -0.1) is 35.3 Å². The number of aryl methyl sites for hydroxylation is 2. The molecule has 0 spiro atoms. The number of ether oxygens (including phenoxy) is 1. The first-order valence-corrected chi connectivity index (χ1v) is 9.79. The molecule has 0 bridgehead atoms. The van der Waals surface area contributed by atoms with Crippen molar-refractivity contribution in [1.29, 1.82) is 0 Å². The third-order valence-corrected chi connectivity index (χ3v) is 5.36. The molecule has 2 aromatic heterocycles. The van der Waals surface area contributed by atoms with Crippen LogP contribution >= 0.6 is 35.3 Å². The van der Waals surface area contributed by atoms with Crippen LogP contribution in [0.4, 0.5) is 0 Å². The van der Waals surface area contributed by atoms with Gasteiger partial charge in [-0.3, -0.25) is 9.98 Å². The van der Waals surface area contributed by atoms with Crippen molar-refractivity contribution in [1.82, 2.24) is 20.6 Å². The number of thiazole rings is 1. The van der Waals surface area contributed by atoms with Crippen molar-refractivity contribution < 1.29 is 9.53 Å². The minimum atomic E-state index is -0.318. The van der Waals surface area contributed by atoms with E-state index in [4.69, 9.17) is 4.74 Å². The molecule has 2 aromatic rings. The number of halogens is 1. The highest BCUT2D eigenvalue weighted by Gasteiger charge is 2.20. The second-order valence-corrected chi connectivity index (χ2v) is 7.13. The lowest BCUT2D eigenvalue weighted by Crippen LogP contribution is -2.39. The number of aliphatic imine (C=N–C) groups is 1. The van der Waals surface area contributed by atoms with E-state index >= 15 is 0 Å². The Morgan fingerprint density at radius 3 is 2.79 bits per heavy atom. The summed E-state index contributed by atoms with van der Waals surface area (Å²) in [6, 6.07) is 1.95. The molecule has 0 radical (unpaired) electrons. The van der Waals surface area contributed by atoms with Gasteiger partial charge in [0.1, 0.15) is 9.88 Å². The highest BCUT2D eigenvalue weighted by Crippen LogP contribution is 2.24. The summed E-state index contributed by atoms with van der Waals surface area (Å²) in [5, 5.41) is 7.45. The summed E-state index contributed by atoms with van der Waals surface area (Å²) in [5.41, 5.74) is 3.13. The zero-order valence-electron chi connectivity index (χ0n) is 16.9. The topological polar surface area (TPSA) is 88.5 Å². The van der Waals surface area contributed by atoms with Crippen LogP contribution in [-0.2, 0) is 11.2 Å². The number of rotatable bonds is 7. The minimum absolute atomic E-state index is 0. The standard InChI is InChI=1S/C19H27N5O2S.HI/c1-6-26-18(25)16-13(3)23-17(27-16)14(4)24-19(20-5)22-10-8-15-7-9-21-11-12(15)2;/h7,9,11,14H,6,8,10H2,1-5H3,(H2,20,22,24);1H. The molecule has 1 atom stereocenters. The Labute approximate surface area is 187 Å². The second-order valence-electron chi connectivity index (χ2n) is 6.10. The van der Waals surface area contributed by atoms with E-state index in [1.54, 1.807) is 14.0 Å². The molecular weight excluding hydrogens is 489 g/mol. The third kappa shape index (κ3) is 6.69. The van der Waals surface area contributed by atoms with Gasteiger partial charge in [-0.1, -0.05) is 0 Å². The number of aromatic nitrogens is 2. The maximum Gasteiger partial charge on any atom is 0.350 e. The molecule has 0 aliphatic carbocycles. The number of pyridine rings is 1. The molecule has 0 saturated heterocycles. The van der Waals surface area contributed by atoms with E-state index < -0.39 is 0 Å². The Hall–Kier alpha value is -1.75. The molecule has 7 nitrogen and oxygen atoms in total. The highest BCUT2D eigenvalue weighted by molar-refractivity contribution is 14.0. The number of guanidine groups is 1. The number of nitrogens with zero attached hydrogens (tertiary/aromatic N) is 3. The van der Waals surface area contributed by atoms with Crippen molar-refractivity contribution >= 4 is 47.2 Å². The van der Waals surface area contributed by atoms with Gasteiger partial charge in [-0.05, 0) is 51.3 Å². The Morgan fingerprint density at radius 1 is 1.39 bits per heavy atom. The molecule has 154 valence electrons. The van der Waals surface area contributed by atoms with Gasteiger partial charge in [-0.2, -0.15) is 0 Å². The van der Waals surface area contributed by atoms with Gasteiger partial charge < -0.3 is 15.4 Å². The number of nitrogens with one attached hydrogen (secondary N) is 2. The van der Waals surface area contributed by atoms with Crippen LogP contribution in [0.3, 0.4) is 0 Å². The van der Waals surface area contributed by atoms with Crippen LogP contribution in [-0.4, -0.2) is 42.1 Å². The third-order valence-electron chi connectivity index (χ3n) is 4.04. The summed E-state index contributed by atoms with van der Waals surface area (Å²) in [4.78, 5) is 25.4. The Bertz CT molecular complexity index is 809. The van der Waals surface area contributed by atoms with Crippen LogP contribution in [0.25, 0.3) is 0 Å². The summed E-state index contributed by atoms with van der Waals surface area (Å²) in [6.45, 7) is 8.77. The summed E-state index contributed by atoms with van der Waals surface area (Å²) in [7, 11) is 1.73. The Balaban J connectivity index is 0.00000392. The number of carbonyl (C=O) groups is 1. The van der Waals surface area contributed by atoms with Crippen LogP contribution in [0.1, 0.15) is 51.4 Å². The van der Waals surface area contributed by atoms with Gasteiger partial charge in [0.05, 0.1) is 18.3 Å².